The molecular formula is C22H18ClFN6O3S. The van der Waals surface area contributed by atoms with Crippen molar-refractivity contribution in [3.05, 3.63) is 103 Å². The normalized spacial score (nSPS) is 10.9. The van der Waals surface area contributed by atoms with Crippen LogP contribution < -0.4 is 16.6 Å². The van der Waals surface area contributed by atoms with E-state index in [0.29, 0.717) is 27.4 Å². The fourth-order valence-electron chi connectivity index (χ4n) is 3.13. The number of carbonyl (C=O) groups is 1. The lowest BCUT2D eigenvalue weighted by Crippen LogP contribution is -2.24. The molecule has 0 spiro atoms. The standard InChI is InChI=1S/C22H18ClFN6O3S/c23-14-3-7-17(8-4-14)30-18(9-16-10-19(31)27-21(33)26-16)28-29-22(30)34-12-20(32)25-11-13-1-5-15(24)6-2-13/h1-8,10H,9,11-12H2,(H,25,32)(H2,26,27,31,33). The van der Waals surface area contributed by atoms with Gasteiger partial charge in [-0.3, -0.25) is 19.1 Å². The molecule has 0 saturated heterocycles. The van der Waals surface area contributed by atoms with E-state index in [9.17, 15) is 18.8 Å². The molecule has 2 aromatic carbocycles. The van der Waals surface area contributed by atoms with Crippen LogP contribution in [0, 0.1) is 5.82 Å². The molecule has 9 nitrogen and oxygen atoms in total. The van der Waals surface area contributed by atoms with E-state index >= 15 is 0 Å². The van der Waals surface area contributed by atoms with Crippen LogP contribution in [0.25, 0.3) is 5.69 Å². The van der Waals surface area contributed by atoms with Crippen LogP contribution in [-0.4, -0.2) is 36.4 Å². The average Bonchev–Trinajstić information content (AvgIpc) is 3.19. The van der Waals surface area contributed by atoms with Crippen molar-refractivity contribution >= 4 is 29.3 Å². The molecule has 0 bridgehead atoms. The Morgan fingerprint density at radius 3 is 2.50 bits per heavy atom. The van der Waals surface area contributed by atoms with E-state index < -0.39 is 11.2 Å². The molecule has 34 heavy (non-hydrogen) atoms. The maximum absolute atomic E-state index is 13.0. The number of thioether (sulfide) groups is 1. The van der Waals surface area contributed by atoms with Crippen LogP contribution in [0.2, 0.25) is 5.02 Å². The molecule has 0 aliphatic heterocycles. The Morgan fingerprint density at radius 1 is 1.06 bits per heavy atom. The largest absolute Gasteiger partial charge is 0.351 e. The molecule has 4 aromatic rings. The lowest BCUT2D eigenvalue weighted by Gasteiger charge is -2.11. The second-order valence-electron chi connectivity index (χ2n) is 7.19. The number of carbonyl (C=O) groups excluding carboxylic acids is 1. The van der Waals surface area contributed by atoms with Gasteiger partial charge in [-0.2, -0.15) is 0 Å². The summed E-state index contributed by atoms with van der Waals surface area (Å²) in [6.45, 7) is 0.269. The molecule has 4 rings (SSSR count). The second kappa shape index (κ2) is 10.5. The summed E-state index contributed by atoms with van der Waals surface area (Å²) >= 11 is 7.19. The Bertz CT molecular complexity index is 1390. The minimum absolute atomic E-state index is 0.0642. The van der Waals surface area contributed by atoms with Crippen molar-refractivity contribution in [2.24, 2.45) is 0 Å². The Hall–Kier alpha value is -3.70. The third-order valence-electron chi connectivity index (χ3n) is 4.69. The SMILES string of the molecule is O=C(CSc1nnc(Cc2cc(=O)[nH]c(=O)[nH]2)n1-c1ccc(Cl)cc1)NCc1ccc(F)cc1. The Balaban J connectivity index is 1.52. The summed E-state index contributed by atoms with van der Waals surface area (Å²) in [6, 6.07) is 14.1. The Morgan fingerprint density at radius 2 is 1.79 bits per heavy atom. The first-order valence-corrected chi connectivity index (χ1v) is 11.4. The lowest BCUT2D eigenvalue weighted by molar-refractivity contribution is -0.118. The molecule has 0 saturated carbocycles. The fourth-order valence-corrected chi connectivity index (χ4v) is 4.05. The summed E-state index contributed by atoms with van der Waals surface area (Å²) in [5.41, 5.74) is 0.699. The van der Waals surface area contributed by atoms with Gasteiger partial charge in [-0.25, -0.2) is 9.18 Å². The minimum atomic E-state index is -0.618. The van der Waals surface area contributed by atoms with Gasteiger partial charge in [-0.1, -0.05) is 35.5 Å². The molecule has 0 atom stereocenters. The maximum atomic E-state index is 13.0. The van der Waals surface area contributed by atoms with Gasteiger partial charge in [0.15, 0.2) is 5.16 Å². The number of H-pyrrole nitrogens is 2. The molecule has 0 unspecified atom stereocenters. The number of hydrogen-bond donors (Lipinski definition) is 3. The minimum Gasteiger partial charge on any atom is -0.351 e. The molecule has 3 N–H and O–H groups in total. The molecule has 0 fully saturated rings. The first kappa shape index (κ1) is 23.5. The smallest absolute Gasteiger partial charge is 0.325 e. The monoisotopic (exact) mass is 500 g/mol. The number of aromatic amines is 2. The topological polar surface area (TPSA) is 126 Å². The highest BCUT2D eigenvalue weighted by Gasteiger charge is 2.17. The van der Waals surface area contributed by atoms with Gasteiger partial charge in [-0.05, 0) is 42.0 Å². The van der Waals surface area contributed by atoms with E-state index in [4.69, 9.17) is 11.6 Å². The summed E-state index contributed by atoms with van der Waals surface area (Å²) in [6.07, 6.45) is 0.131. The summed E-state index contributed by atoms with van der Waals surface area (Å²) < 4.78 is 14.8. The van der Waals surface area contributed by atoms with Crippen molar-refractivity contribution in [1.29, 1.82) is 0 Å². The quantitative estimate of drug-likeness (QED) is 0.319. The van der Waals surface area contributed by atoms with Crippen LogP contribution in [0.5, 0.6) is 0 Å². The van der Waals surface area contributed by atoms with Crippen molar-refractivity contribution in [3.63, 3.8) is 0 Å². The molecule has 0 aliphatic rings. The van der Waals surface area contributed by atoms with E-state index in [2.05, 4.69) is 25.5 Å². The molecule has 12 heteroatoms. The number of aromatic nitrogens is 5. The average molecular weight is 501 g/mol. The van der Waals surface area contributed by atoms with Crippen LogP contribution in [-0.2, 0) is 17.8 Å². The zero-order chi connectivity index (χ0) is 24.1. The number of benzene rings is 2. The molecule has 2 aromatic heterocycles. The van der Waals surface area contributed by atoms with Gasteiger partial charge < -0.3 is 10.3 Å². The van der Waals surface area contributed by atoms with Crippen molar-refractivity contribution < 1.29 is 9.18 Å². The van der Waals surface area contributed by atoms with Gasteiger partial charge in [0, 0.05) is 35.4 Å². The van der Waals surface area contributed by atoms with E-state index in [-0.39, 0.29) is 30.4 Å². The third-order valence-corrected chi connectivity index (χ3v) is 5.87. The van der Waals surface area contributed by atoms with Crippen molar-refractivity contribution in [3.8, 4) is 5.69 Å². The number of amides is 1. The van der Waals surface area contributed by atoms with Crippen molar-refractivity contribution in [2.45, 2.75) is 18.1 Å². The van der Waals surface area contributed by atoms with Gasteiger partial charge in [0.05, 0.1) is 5.75 Å². The van der Waals surface area contributed by atoms with Gasteiger partial charge in [-0.15, -0.1) is 10.2 Å². The summed E-state index contributed by atoms with van der Waals surface area (Å²) in [5.74, 6) is -0.0558. The van der Waals surface area contributed by atoms with E-state index in [1.54, 1.807) is 41.0 Å². The highest BCUT2D eigenvalue weighted by Crippen LogP contribution is 2.24. The van der Waals surface area contributed by atoms with Gasteiger partial charge in [0.2, 0.25) is 5.91 Å². The number of halogens is 2. The first-order chi connectivity index (χ1) is 16.4. The van der Waals surface area contributed by atoms with Crippen LogP contribution in [0.15, 0.2) is 69.3 Å². The third kappa shape index (κ3) is 6.00. The maximum Gasteiger partial charge on any atom is 0.325 e. The van der Waals surface area contributed by atoms with Gasteiger partial charge in [0.25, 0.3) is 5.56 Å². The van der Waals surface area contributed by atoms with Crippen LogP contribution in [0.3, 0.4) is 0 Å². The molecule has 1 amide bonds. The Kier molecular flexibility index (Phi) is 7.24. The molecular weight excluding hydrogens is 483 g/mol. The number of hydrogen-bond acceptors (Lipinski definition) is 6. The predicted molar refractivity (Wildman–Crippen MR) is 126 cm³/mol. The molecule has 0 aliphatic carbocycles. The second-order valence-corrected chi connectivity index (χ2v) is 8.57. The van der Waals surface area contributed by atoms with Crippen molar-refractivity contribution in [2.75, 3.05) is 5.75 Å². The molecule has 2 heterocycles. The molecule has 174 valence electrons. The zero-order valence-corrected chi connectivity index (χ0v) is 19.1. The van der Waals surface area contributed by atoms with Crippen LogP contribution >= 0.6 is 23.4 Å². The summed E-state index contributed by atoms with van der Waals surface area (Å²) in [7, 11) is 0. The first-order valence-electron chi connectivity index (χ1n) is 10.0. The van der Waals surface area contributed by atoms with E-state index in [1.807, 2.05) is 0 Å². The highest BCUT2D eigenvalue weighted by molar-refractivity contribution is 7.99. The lowest BCUT2D eigenvalue weighted by atomic mass is 10.2. The van der Waals surface area contributed by atoms with Crippen molar-refractivity contribution in [1.82, 2.24) is 30.0 Å². The predicted octanol–water partition coefficient (Wildman–Crippen LogP) is 2.44. The summed E-state index contributed by atoms with van der Waals surface area (Å²) in [5, 5.41) is 12.2. The number of rotatable bonds is 8. The fraction of sp³-hybridized carbons (Fsp3) is 0.136. The number of nitrogens with zero attached hydrogens (tertiary/aromatic N) is 3. The van der Waals surface area contributed by atoms with Gasteiger partial charge in [0.1, 0.15) is 11.6 Å². The van der Waals surface area contributed by atoms with E-state index in [0.717, 1.165) is 5.56 Å². The molecule has 0 radical (unpaired) electrons. The Labute approximate surface area is 201 Å². The van der Waals surface area contributed by atoms with Gasteiger partial charge >= 0.3 is 5.69 Å². The highest BCUT2D eigenvalue weighted by atomic mass is 35.5. The number of nitrogens with one attached hydrogen (secondary N) is 3. The summed E-state index contributed by atoms with van der Waals surface area (Å²) in [4.78, 5) is 40.3. The van der Waals surface area contributed by atoms with Crippen LogP contribution in [0.4, 0.5) is 4.39 Å². The zero-order valence-electron chi connectivity index (χ0n) is 17.5. The van der Waals surface area contributed by atoms with E-state index in [1.165, 1.54) is 30.0 Å². The van der Waals surface area contributed by atoms with Crippen LogP contribution in [0.1, 0.15) is 17.1 Å².